The van der Waals surface area contributed by atoms with Crippen LogP contribution in [-0.2, 0) is 0 Å². The van der Waals surface area contributed by atoms with Crippen molar-refractivity contribution in [2.75, 3.05) is 6.54 Å². The SMILES string of the molecule is CCCNC(CC(F)(F)F)c1cc2ccccc2o1. The molecule has 0 amide bonds. The standard InChI is InChI=1S/C14H16F3NO/c1-2-7-18-11(9-14(15,16)17)13-8-10-5-3-4-6-12(10)19-13/h3-6,8,11,18H,2,7,9H2,1H3. The van der Waals surface area contributed by atoms with Gasteiger partial charge in [0, 0.05) is 5.39 Å². The van der Waals surface area contributed by atoms with Crippen LogP contribution in [0.25, 0.3) is 11.0 Å². The van der Waals surface area contributed by atoms with Crippen molar-refractivity contribution in [1.29, 1.82) is 0 Å². The molecule has 1 aromatic carbocycles. The molecule has 0 fully saturated rings. The number of fused-ring (bicyclic) bond motifs is 1. The van der Waals surface area contributed by atoms with Gasteiger partial charge in [0.15, 0.2) is 0 Å². The fourth-order valence-corrected chi connectivity index (χ4v) is 2.00. The summed E-state index contributed by atoms with van der Waals surface area (Å²) in [5, 5.41) is 3.71. The van der Waals surface area contributed by atoms with E-state index in [2.05, 4.69) is 5.32 Å². The van der Waals surface area contributed by atoms with E-state index in [9.17, 15) is 13.2 Å². The van der Waals surface area contributed by atoms with Crippen LogP contribution in [0.15, 0.2) is 34.7 Å². The van der Waals surface area contributed by atoms with Crippen molar-refractivity contribution >= 4 is 11.0 Å². The predicted octanol–water partition coefficient (Wildman–Crippen LogP) is 4.43. The summed E-state index contributed by atoms with van der Waals surface area (Å²) in [7, 11) is 0. The Kier molecular flexibility index (Phi) is 4.14. The second kappa shape index (κ2) is 5.65. The first-order valence-electron chi connectivity index (χ1n) is 6.28. The fourth-order valence-electron chi connectivity index (χ4n) is 2.00. The molecule has 0 aliphatic carbocycles. The number of benzene rings is 1. The molecule has 2 nitrogen and oxygen atoms in total. The van der Waals surface area contributed by atoms with Gasteiger partial charge in [-0.3, -0.25) is 0 Å². The third-order valence-corrected chi connectivity index (χ3v) is 2.86. The first-order valence-corrected chi connectivity index (χ1v) is 6.28. The Morgan fingerprint density at radius 2 is 2.00 bits per heavy atom. The van der Waals surface area contributed by atoms with Gasteiger partial charge in [0.25, 0.3) is 0 Å². The molecule has 0 saturated heterocycles. The van der Waals surface area contributed by atoms with Crippen molar-refractivity contribution < 1.29 is 17.6 Å². The maximum atomic E-state index is 12.6. The van der Waals surface area contributed by atoms with Gasteiger partial charge in [0.05, 0.1) is 12.5 Å². The van der Waals surface area contributed by atoms with Crippen LogP contribution >= 0.6 is 0 Å². The molecule has 0 spiro atoms. The van der Waals surface area contributed by atoms with Gasteiger partial charge in [-0.25, -0.2) is 0 Å². The molecule has 0 saturated carbocycles. The lowest BCUT2D eigenvalue weighted by molar-refractivity contribution is -0.141. The van der Waals surface area contributed by atoms with Crippen molar-refractivity contribution in [3.63, 3.8) is 0 Å². The van der Waals surface area contributed by atoms with Crippen LogP contribution in [0, 0.1) is 0 Å². The third-order valence-electron chi connectivity index (χ3n) is 2.86. The van der Waals surface area contributed by atoms with Gasteiger partial charge in [-0.1, -0.05) is 25.1 Å². The molecule has 2 aromatic rings. The number of furan rings is 1. The highest BCUT2D eigenvalue weighted by molar-refractivity contribution is 5.77. The van der Waals surface area contributed by atoms with Gasteiger partial charge >= 0.3 is 6.18 Å². The molecule has 5 heteroatoms. The molecule has 2 rings (SSSR count). The Hall–Kier alpha value is -1.49. The summed E-state index contributed by atoms with van der Waals surface area (Å²) in [5.74, 6) is 0.340. The van der Waals surface area contributed by atoms with E-state index in [1.165, 1.54) is 0 Å². The second-order valence-corrected chi connectivity index (χ2v) is 4.51. The summed E-state index contributed by atoms with van der Waals surface area (Å²) in [5.41, 5.74) is 0.614. The minimum Gasteiger partial charge on any atom is -0.459 e. The number of para-hydroxylation sites is 1. The first-order chi connectivity index (χ1) is 8.99. The molecule has 19 heavy (non-hydrogen) atoms. The summed E-state index contributed by atoms with van der Waals surface area (Å²) < 4.78 is 43.3. The number of alkyl halides is 3. The summed E-state index contributed by atoms with van der Waals surface area (Å²) in [4.78, 5) is 0. The summed E-state index contributed by atoms with van der Waals surface area (Å²) in [6.07, 6.45) is -4.37. The molecule has 104 valence electrons. The lowest BCUT2D eigenvalue weighted by Gasteiger charge is -2.17. The number of hydrogen-bond donors (Lipinski definition) is 1. The second-order valence-electron chi connectivity index (χ2n) is 4.51. The predicted molar refractivity (Wildman–Crippen MR) is 67.9 cm³/mol. The zero-order valence-electron chi connectivity index (χ0n) is 10.6. The highest BCUT2D eigenvalue weighted by Gasteiger charge is 2.33. The molecular formula is C14H16F3NO. The zero-order valence-corrected chi connectivity index (χ0v) is 10.6. The topological polar surface area (TPSA) is 25.2 Å². The molecule has 1 aromatic heterocycles. The summed E-state index contributed by atoms with van der Waals surface area (Å²) >= 11 is 0. The normalized spacial score (nSPS) is 13.9. The van der Waals surface area contributed by atoms with Gasteiger partial charge in [-0.15, -0.1) is 0 Å². The summed E-state index contributed by atoms with van der Waals surface area (Å²) in [6.45, 7) is 2.44. The van der Waals surface area contributed by atoms with E-state index in [0.29, 0.717) is 17.9 Å². The molecule has 1 unspecified atom stereocenters. The van der Waals surface area contributed by atoms with Gasteiger partial charge in [-0.2, -0.15) is 13.2 Å². The van der Waals surface area contributed by atoms with Crippen molar-refractivity contribution in [1.82, 2.24) is 5.32 Å². The van der Waals surface area contributed by atoms with Crippen molar-refractivity contribution in [2.24, 2.45) is 0 Å². The minimum absolute atomic E-state index is 0.340. The molecule has 0 bridgehead atoms. The van der Waals surface area contributed by atoms with Crippen molar-refractivity contribution in [3.8, 4) is 0 Å². The lowest BCUT2D eigenvalue weighted by atomic mass is 10.1. The lowest BCUT2D eigenvalue weighted by Crippen LogP contribution is -2.27. The number of hydrogen-bond acceptors (Lipinski definition) is 2. The fraction of sp³-hybridized carbons (Fsp3) is 0.429. The summed E-state index contributed by atoms with van der Waals surface area (Å²) in [6, 6.07) is 8.06. The Balaban J connectivity index is 2.25. The largest absolute Gasteiger partial charge is 0.459 e. The quantitative estimate of drug-likeness (QED) is 0.870. The van der Waals surface area contributed by atoms with Crippen LogP contribution in [-0.4, -0.2) is 12.7 Å². The third kappa shape index (κ3) is 3.73. The molecular weight excluding hydrogens is 255 g/mol. The van der Waals surface area contributed by atoms with E-state index < -0.39 is 18.6 Å². The van der Waals surface area contributed by atoms with Gasteiger partial charge in [-0.05, 0) is 25.1 Å². The maximum absolute atomic E-state index is 12.6. The van der Waals surface area contributed by atoms with Crippen LogP contribution in [0.5, 0.6) is 0 Å². The van der Waals surface area contributed by atoms with Gasteiger partial charge in [0.1, 0.15) is 11.3 Å². The highest BCUT2D eigenvalue weighted by atomic mass is 19.4. The molecule has 0 aliphatic heterocycles. The van der Waals surface area contributed by atoms with E-state index >= 15 is 0 Å². The zero-order chi connectivity index (χ0) is 13.9. The first kappa shape index (κ1) is 13.9. The monoisotopic (exact) mass is 271 g/mol. The Morgan fingerprint density at radius 1 is 1.26 bits per heavy atom. The van der Waals surface area contributed by atoms with Crippen molar-refractivity contribution in [2.45, 2.75) is 32.0 Å². The Labute approximate surface area is 109 Å². The molecule has 0 radical (unpaired) electrons. The average molecular weight is 271 g/mol. The maximum Gasteiger partial charge on any atom is 0.391 e. The van der Waals surface area contributed by atoms with E-state index in [0.717, 1.165) is 11.8 Å². The molecule has 1 heterocycles. The molecule has 0 aliphatic rings. The van der Waals surface area contributed by atoms with E-state index in [-0.39, 0.29) is 0 Å². The number of rotatable bonds is 5. The molecule has 1 atom stereocenters. The molecule has 1 N–H and O–H groups in total. The van der Waals surface area contributed by atoms with Crippen LogP contribution in [0.2, 0.25) is 0 Å². The van der Waals surface area contributed by atoms with Gasteiger partial charge in [0.2, 0.25) is 0 Å². The van der Waals surface area contributed by atoms with Crippen LogP contribution in [0.3, 0.4) is 0 Å². The van der Waals surface area contributed by atoms with Crippen LogP contribution in [0.1, 0.15) is 31.6 Å². The average Bonchev–Trinajstić information content (AvgIpc) is 2.76. The Morgan fingerprint density at radius 3 is 2.63 bits per heavy atom. The number of nitrogens with one attached hydrogen (secondary N) is 1. The van der Waals surface area contributed by atoms with Crippen LogP contribution < -0.4 is 5.32 Å². The van der Waals surface area contributed by atoms with E-state index in [4.69, 9.17) is 4.42 Å². The van der Waals surface area contributed by atoms with Gasteiger partial charge < -0.3 is 9.73 Å². The number of halogens is 3. The van der Waals surface area contributed by atoms with E-state index in [1.54, 1.807) is 18.2 Å². The Bertz CT molecular complexity index is 500. The smallest absolute Gasteiger partial charge is 0.391 e. The van der Waals surface area contributed by atoms with E-state index in [1.807, 2.05) is 19.1 Å². The highest BCUT2D eigenvalue weighted by Crippen LogP contribution is 2.32. The van der Waals surface area contributed by atoms with Crippen molar-refractivity contribution in [3.05, 3.63) is 36.1 Å². The van der Waals surface area contributed by atoms with Crippen LogP contribution in [0.4, 0.5) is 13.2 Å². The minimum atomic E-state index is -4.22.